The highest BCUT2D eigenvalue weighted by Gasteiger charge is 2.23. The van der Waals surface area contributed by atoms with Gasteiger partial charge in [0.2, 0.25) is 0 Å². The zero-order valence-corrected chi connectivity index (χ0v) is 16.7. The minimum Gasteiger partial charge on any atom is -0.392 e. The van der Waals surface area contributed by atoms with Gasteiger partial charge in [-0.25, -0.2) is 12.8 Å². The normalized spacial score (nSPS) is 16.5. The maximum Gasteiger partial charge on any atom is 0.271 e. The molecule has 0 fully saturated rings. The fraction of sp³-hybridized carbons (Fsp3) is 0.211. The van der Waals surface area contributed by atoms with E-state index in [1.165, 1.54) is 12.3 Å². The molecule has 3 rings (SSSR count). The van der Waals surface area contributed by atoms with Crippen LogP contribution in [0.5, 0.6) is 0 Å². The summed E-state index contributed by atoms with van der Waals surface area (Å²) in [6.45, 7) is 4.95. The molecule has 0 radical (unpaired) electrons. The molecule has 0 saturated carbocycles. The number of aliphatic hydroxyl groups is 1. The van der Waals surface area contributed by atoms with Crippen LogP contribution in [-0.4, -0.2) is 25.5 Å². The number of anilines is 1. The van der Waals surface area contributed by atoms with Crippen molar-refractivity contribution in [3.05, 3.63) is 64.9 Å². The molecule has 0 saturated heterocycles. The summed E-state index contributed by atoms with van der Waals surface area (Å²) >= 11 is 1.04. The SMILES string of the molecule is C=CNC(=O)c1cc(NS(=O)(=O)c2ccc(C3=CCC(O)C3)s2)c(F)cc1C. The number of hydrogen-bond donors (Lipinski definition) is 3. The number of rotatable bonds is 6. The van der Waals surface area contributed by atoms with Crippen molar-refractivity contribution in [3.63, 3.8) is 0 Å². The van der Waals surface area contributed by atoms with Gasteiger partial charge in [-0.15, -0.1) is 11.3 Å². The van der Waals surface area contributed by atoms with Gasteiger partial charge in [-0.2, -0.15) is 0 Å². The van der Waals surface area contributed by atoms with E-state index in [0.29, 0.717) is 18.4 Å². The lowest BCUT2D eigenvalue weighted by molar-refractivity contribution is 0.0969. The molecule has 0 bridgehead atoms. The molecule has 1 aliphatic rings. The van der Waals surface area contributed by atoms with Crippen molar-refractivity contribution in [2.75, 3.05) is 4.72 Å². The average Bonchev–Trinajstić information content (AvgIpc) is 3.26. The fourth-order valence-corrected chi connectivity index (χ4v) is 5.31. The Hall–Kier alpha value is -2.49. The number of carbonyl (C=O) groups excluding carboxylic acids is 1. The predicted molar refractivity (Wildman–Crippen MR) is 107 cm³/mol. The van der Waals surface area contributed by atoms with Gasteiger partial charge in [0.25, 0.3) is 15.9 Å². The molecule has 1 amide bonds. The first kappa shape index (κ1) is 20.2. The van der Waals surface area contributed by atoms with E-state index in [1.54, 1.807) is 13.0 Å². The molecule has 1 aliphatic carbocycles. The number of nitrogens with one attached hydrogen (secondary N) is 2. The van der Waals surface area contributed by atoms with Crippen LogP contribution in [-0.2, 0) is 10.0 Å². The van der Waals surface area contributed by atoms with E-state index in [1.807, 2.05) is 6.08 Å². The average molecular weight is 423 g/mol. The van der Waals surface area contributed by atoms with Gasteiger partial charge in [0, 0.05) is 10.4 Å². The molecule has 0 aliphatic heterocycles. The second kappa shape index (κ2) is 7.86. The summed E-state index contributed by atoms with van der Waals surface area (Å²) in [6.07, 6.45) is 3.64. The number of aliphatic hydroxyl groups excluding tert-OH is 1. The highest BCUT2D eigenvalue weighted by molar-refractivity contribution is 7.94. The van der Waals surface area contributed by atoms with Gasteiger partial charge < -0.3 is 10.4 Å². The van der Waals surface area contributed by atoms with Gasteiger partial charge in [-0.3, -0.25) is 9.52 Å². The van der Waals surface area contributed by atoms with Gasteiger partial charge >= 0.3 is 0 Å². The van der Waals surface area contributed by atoms with Crippen molar-refractivity contribution in [3.8, 4) is 0 Å². The van der Waals surface area contributed by atoms with Crippen molar-refractivity contribution in [2.24, 2.45) is 0 Å². The molecule has 1 heterocycles. The number of halogens is 1. The minimum absolute atomic E-state index is 0.0156. The van der Waals surface area contributed by atoms with Crippen molar-refractivity contribution in [2.45, 2.75) is 30.1 Å². The summed E-state index contributed by atoms with van der Waals surface area (Å²) < 4.78 is 41.9. The molecule has 1 aromatic carbocycles. The van der Waals surface area contributed by atoms with E-state index in [9.17, 15) is 22.7 Å². The topological polar surface area (TPSA) is 95.5 Å². The van der Waals surface area contributed by atoms with Crippen LogP contribution in [0.2, 0.25) is 0 Å². The first-order chi connectivity index (χ1) is 13.2. The van der Waals surface area contributed by atoms with E-state index < -0.39 is 27.9 Å². The highest BCUT2D eigenvalue weighted by atomic mass is 32.2. The Kier molecular flexibility index (Phi) is 5.69. The van der Waals surface area contributed by atoms with Crippen LogP contribution in [0.4, 0.5) is 10.1 Å². The molecular weight excluding hydrogens is 403 g/mol. The standard InChI is InChI=1S/C19H19FN2O4S2/c1-3-21-19(24)14-10-16(15(20)8-11(14)2)22-28(25,26)18-7-6-17(27-18)12-4-5-13(23)9-12/h3-4,6-8,10,13,22-23H,1,5,9H2,2H3,(H,21,24). The monoisotopic (exact) mass is 422 g/mol. The molecule has 2 aromatic rings. The first-order valence-electron chi connectivity index (χ1n) is 8.43. The van der Waals surface area contributed by atoms with E-state index in [4.69, 9.17) is 0 Å². The van der Waals surface area contributed by atoms with Crippen molar-refractivity contribution in [1.82, 2.24) is 5.32 Å². The molecule has 148 valence electrons. The third-order valence-electron chi connectivity index (χ3n) is 4.29. The van der Waals surface area contributed by atoms with Gasteiger partial charge in [-0.05, 0) is 61.4 Å². The highest BCUT2D eigenvalue weighted by Crippen LogP contribution is 2.35. The lowest BCUT2D eigenvalue weighted by Gasteiger charge is -2.11. The fourth-order valence-electron chi connectivity index (χ4n) is 2.90. The van der Waals surface area contributed by atoms with Crippen LogP contribution >= 0.6 is 11.3 Å². The zero-order chi connectivity index (χ0) is 20.5. The molecular formula is C19H19FN2O4S2. The van der Waals surface area contributed by atoms with Gasteiger partial charge in [0.15, 0.2) is 0 Å². The lowest BCUT2D eigenvalue weighted by Crippen LogP contribution is -2.19. The smallest absolute Gasteiger partial charge is 0.271 e. The summed E-state index contributed by atoms with van der Waals surface area (Å²) in [5.74, 6) is -1.30. The summed E-state index contributed by atoms with van der Waals surface area (Å²) in [7, 11) is -4.04. The molecule has 6 nitrogen and oxygen atoms in total. The summed E-state index contributed by atoms with van der Waals surface area (Å²) in [5.41, 5.74) is 1.08. The molecule has 28 heavy (non-hydrogen) atoms. The van der Waals surface area contributed by atoms with E-state index >= 15 is 0 Å². The Morgan fingerprint density at radius 3 is 2.79 bits per heavy atom. The van der Waals surface area contributed by atoms with Crippen molar-refractivity contribution in [1.29, 1.82) is 0 Å². The second-order valence-electron chi connectivity index (χ2n) is 6.37. The van der Waals surface area contributed by atoms with Crippen LogP contribution in [0.1, 0.15) is 33.6 Å². The Bertz CT molecular complexity index is 1070. The van der Waals surface area contributed by atoms with E-state index in [0.717, 1.165) is 33.9 Å². The van der Waals surface area contributed by atoms with E-state index in [2.05, 4.69) is 16.6 Å². The van der Waals surface area contributed by atoms with Crippen LogP contribution in [0.3, 0.4) is 0 Å². The van der Waals surface area contributed by atoms with E-state index in [-0.39, 0.29) is 15.5 Å². The number of sulfonamides is 1. The molecule has 1 aromatic heterocycles. The van der Waals surface area contributed by atoms with Crippen molar-refractivity contribution >= 4 is 38.5 Å². The van der Waals surface area contributed by atoms with Gasteiger partial charge in [-0.1, -0.05) is 12.7 Å². The van der Waals surface area contributed by atoms with Crippen LogP contribution in [0.15, 0.2) is 47.3 Å². The molecule has 0 spiro atoms. The Morgan fingerprint density at radius 2 is 2.14 bits per heavy atom. The third-order valence-corrected chi connectivity index (χ3v) is 7.31. The first-order valence-corrected chi connectivity index (χ1v) is 10.7. The maximum absolute atomic E-state index is 14.3. The summed E-state index contributed by atoms with van der Waals surface area (Å²) in [4.78, 5) is 12.8. The number of hydrogen-bond acceptors (Lipinski definition) is 5. The summed E-state index contributed by atoms with van der Waals surface area (Å²) in [6, 6.07) is 5.36. The second-order valence-corrected chi connectivity index (χ2v) is 9.36. The van der Waals surface area contributed by atoms with Crippen molar-refractivity contribution < 1.29 is 22.7 Å². The molecule has 9 heteroatoms. The third kappa shape index (κ3) is 4.16. The van der Waals surface area contributed by atoms with Crippen LogP contribution < -0.4 is 10.0 Å². The zero-order valence-electron chi connectivity index (χ0n) is 15.0. The van der Waals surface area contributed by atoms with Gasteiger partial charge in [0.05, 0.1) is 11.8 Å². The minimum atomic E-state index is -4.04. The largest absolute Gasteiger partial charge is 0.392 e. The van der Waals surface area contributed by atoms with Crippen LogP contribution in [0, 0.1) is 12.7 Å². The Balaban J connectivity index is 1.88. The maximum atomic E-state index is 14.3. The predicted octanol–water partition coefficient (Wildman–Crippen LogP) is 3.41. The Labute approximate surface area is 166 Å². The lowest BCUT2D eigenvalue weighted by atomic mass is 10.1. The molecule has 1 unspecified atom stereocenters. The Morgan fingerprint density at radius 1 is 1.39 bits per heavy atom. The van der Waals surface area contributed by atoms with Gasteiger partial charge in [0.1, 0.15) is 10.0 Å². The number of carbonyl (C=O) groups is 1. The summed E-state index contributed by atoms with van der Waals surface area (Å²) in [5, 5.41) is 12.0. The number of thiophene rings is 1. The van der Waals surface area contributed by atoms with Crippen LogP contribution in [0.25, 0.3) is 5.57 Å². The quantitative estimate of drug-likeness (QED) is 0.665. The number of amides is 1. The molecule has 1 atom stereocenters. The number of aryl methyl sites for hydroxylation is 1. The molecule has 3 N–H and O–H groups in total. The number of benzene rings is 1.